The highest BCUT2D eigenvalue weighted by molar-refractivity contribution is 6.32. The number of halogens is 2. The number of hydrogen-bond acceptors (Lipinski definition) is 1. The molecule has 4 heteroatoms. The van der Waals surface area contributed by atoms with Crippen molar-refractivity contribution in [2.24, 2.45) is 0 Å². The number of carbonyl (C=O) groups excluding carboxylic acids is 1. The van der Waals surface area contributed by atoms with E-state index in [-0.39, 0.29) is 5.91 Å². The molecule has 1 rings (SSSR count). The predicted molar refractivity (Wildman–Crippen MR) is 55.4 cm³/mol. The maximum atomic E-state index is 11.1. The summed E-state index contributed by atoms with van der Waals surface area (Å²) in [7, 11) is 0. The minimum absolute atomic E-state index is 0.219. The maximum Gasteiger partial charge on any atom is 0.242 e. The Hall–Kier alpha value is -0.730. The Morgan fingerprint density at radius 1 is 1.38 bits per heavy atom. The van der Waals surface area contributed by atoms with E-state index in [1.165, 1.54) is 0 Å². The van der Waals surface area contributed by atoms with Crippen molar-refractivity contribution in [3.8, 4) is 0 Å². The molecule has 1 amide bonds. The van der Waals surface area contributed by atoms with Gasteiger partial charge in [0.05, 0.1) is 0 Å². The van der Waals surface area contributed by atoms with E-state index in [9.17, 15) is 4.79 Å². The minimum Gasteiger partial charge on any atom is -0.325 e. The summed E-state index contributed by atoms with van der Waals surface area (Å²) in [5, 5.41) is 2.74. The van der Waals surface area contributed by atoms with Crippen molar-refractivity contribution >= 4 is 34.8 Å². The Balaban J connectivity index is 2.65. The van der Waals surface area contributed by atoms with Crippen LogP contribution in [0.3, 0.4) is 0 Å². The second kappa shape index (κ2) is 4.49. The lowest BCUT2D eigenvalue weighted by atomic mass is 10.3. The van der Waals surface area contributed by atoms with Gasteiger partial charge in [-0.05, 0) is 31.2 Å². The Bertz CT molecular complexity index is 295. The molecule has 0 saturated heterocycles. The van der Waals surface area contributed by atoms with Gasteiger partial charge in [0.2, 0.25) is 5.91 Å². The molecule has 0 spiro atoms. The van der Waals surface area contributed by atoms with Crippen LogP contribution in [0.2, 0.25) is 5.02 Å². The molecule has 0 saturated carbocycles. The van der Waals surface area contributed by atoms with Gasteiger partial charge >= 0.3 is 0 Å². The highest BCUT2D eigenvalue weighted by Gasteiger charge is 2.08. The molecule has 1 unspecified atom stereocenters. The molecule has 0 bridgehead atoms. The third-order valence-corrected chi connectivity index (χ3v) is 1.92. The van der Waals surface area contributed by atoms with E-state index < -0.39 is 5.38 Å². The molecule has 0 heterocycles. The molecule has 0 aliphatic rings. The first-order valence-electron chi connectivity index (χ1n) is 3.80. The van der Waals surface area contributed by atoms with E-state index in [0.717, 1.165) is 0 Å². The Labute approximate surface area is 86.8 Å². The molecule has 0 fully saturated rings. The van der Waals surface area contributed by atoms with E-state index in [1.807, 2.05) is 0 Å². The van der Waals surface area contributed by atoms with Crippen molar-refractivity contribution in [2.75, 3.05) is 5.32 Å². The number of rotatable bonds is 2. The highest BCUT2D eigenvalue weighted by Crippen LogP contribution is 2.13. The Morgan fingerprint density at radius 2 is 1.92 bits per heavy atom. The molecule has 1 atom stereocenters. The van der Waals surface area contributed by atoms with Gasteiger partial charge in [0, 0.05) is 10.7 Å². The summed E-state index contributed by atoms with van der Waals surface area (Å²) in [6.07, 6.45) is 0. The SMILES string of the molecule is CC(Cl)C(=O)Nc1ccc(Cl)cc1. The number of alkyl halides is 1. The molecule has 0 aromatic heterocycles. The van der Waals surface area contributed by atoms with Gasteiger partial charge in [0.15, 0.2) is 0 Å². The molecule has 0 aliphatic carbocycles. The second-order valence-electron chi connectivity index (χ2n) is 2.61. The highest BCUT2D eigenvalue weighted by atomic mass is 35.5. The normalized spacial score (nSPS) is 12.2. The van der Waals surface area contributed by atoms with Gasteiger partial charge in [0.1, 0.15) is 5.38 Å². The molecular weight excluding hydrogens is 209 g/mol. The van der Waals surface area contributed by atoms with E-state index in [2.05, 4.69) is 5.32 Å². The van der Waals surface area contributed by atoms with Gasteiger partial charge in [0.25, 0.3) is 0 Å². The predicted octanol–water partition coefficient (Wildman–Crippen LogP) is 2.91. The van der Waals surface area contributed by atoms with Gasteiger partial charge < -0.3 is 5.32 Å². The number of benzene rings is 1. The Kier molecular flexibility index (Phi) is 3.58. The number of anilines is 1. The molecule has 1 aromatic rings. The molecule has 0 radical (unpaired) electrons. The quantitative estimate of drug-likeness (QED) is 0.759. The van der Waals surface area contributed by atoms with Crippen LogP contribution in [-0.2, 0) is 4.79 Å². The molecule has 1 N–H and O–H groups in total. The van der Waals surface area contributed by atoms with Crippen molar-refractivity contribution < 1.29 is 4.79 Å². The lowest BCUT2D eigenvalue weighted by molar-refractivity contribution is -0.115. The molecular formula is C9H9Cl2NO. The van der Waals surface area contributed by atoms with Gasteiger partial charge in [-0.1, -0.05) is 11.6 Å². The van der Waals surface area contributed by atoms with Gasteiger partial charge in [-0.25, -0.2) is 0 Å². The summed E-state index contributed by atoms with van der Waals surface area (Å²) in [4.78, 5) is 11.1. The lowest BCUT2D eigenvalue weighted by Gasteiger charge is -2.05. The van der Waals surface area contributed by atoms with Crippen molar-refractivity contribution in [3.05, 3.63) is 29.3 Å². The van der Waals surface area contributed by atoms with Gasteiger partial charge in [-0.3, -0.25) is 4.79 Å². The summed E-state index contributed by atoms with van der Waals surface area (Å²) < 4.78 is 0. The zero-order valence-electron chi connectivity index (χ0n) is 7.05. The van der Waals surface area contributed by atoms with Crippen molar-refractivity contribution in [3.63, 3.8) is 0 Å². The van der Waals surface area contributed by atoms with E-state index >= 15 is 0 Å². The van der Waals surface area contributed by atoms with Crippen LogP contribution in [0.1, 0.15) is 6.92 Å². The third kappa shape index (κ3) is 3.25. The number of nitrogens with one attached hydrogen (secondary N) is 1. The summed E-state index contributed by atoms with van der Waals surface area (Å²) >= 11 is 11.2. The first-order valence-corrected chi connectivity index (χ1v) is 4.61. The number of carbonyl (C=O) groups is 1. The summed E-state index contributed by atoms with van der Waals surface area (Å²) in [6.45, 7) is 1.62. The third-order valence-electron chi connectivity index (χ3n) is 1.47. The van der Waals surface area contributed by atoms with E-state index in [4.69, 9.17) is 23.2 Å². The fourth-order valence-corrected chi connectivity index (χ4v) is 0.955. The van der Waals surface area contributed by atoms with Crippen LogP contribution in [-0.4, -0.2) is 11.3 Å². The van der Waals surface area contributed by atoms with Gasteiger partial charge in [-0.15, -0.1) is 11.6 Å². The zero-order chi connectivity index (χ0) is 9.84. The zero-order valence-corrected chi connectivity index (χ0v) is 8.56. The first-order chi connectivity index (χ1) is 6.09. The Morgan fingerprint density at radius 3 is 2.38 bits per heavy atom. The lowest BCUT2D eigenvalue weighted by Crippen LogP contribution is -2.20. The van der Waals surface area contributed by atoms with E-state index in [0.29, 0.717) is 10.7 Å². The van der Waals surface area contributed by atoms with Crippen LogP contribution in [0.25, 0.3) is 0 Å². The number of hydrogen-bond donors (Lipinski definition) is 1. The summed E-state index contributed by atoms with van der Waals surface area (Å²) in [5.41, 5.74) is 0.696. The van der Waals surface area contributed by atoms with Crippen LogP contribution >= 0.6 is 23.2 Å². The topological polar surface area (TPSA) is 29.1 Å². The monoisotopic (exact) mass is 217 g/mol. The molecule has 70 valence electrons. The fraction of sp³-hybridized carbons (Fsp3) is 0.222. The average Bonchev–Trinajstić information content (AvgIpc) is 2.08. The summed E-state index contributed by atoms with van der Waals surface area (Å²) in [6, 6.07) is 6.85. The van der Waals surface area contributed by atoms with Crippen LogP contribution in [0.15, 0.2) is 24.3 Å². The maximum absolute atomic E-state index is 11.1. The standard InChI is InChI=1S/C9H9Cl2NO/c1-6(10)9(13)12-8-4-2-7(11)3-5-8/h2-6H,1H3,(H,12,13). The summed E-state index contributed by atoms with van der Waals surface area (Å²) in [5.74, 6) is -0.219. The van der Waals surface area contributed by atoms with Crippen LogP contribution in [0.5, 0.6) is 0 Å². The largest absolute Gasteiger partial charge is 0.325 e. The van der Waals surface area contributed by atoms with Crippen molar-refractivity contribution in [2.45, 2.75) is 12.3 Å². The van der Waals surface area contributed by atoms with Crippen LogP contribution in [0, 0.1) is 0 Å². The smallest absolute Gasteiger partial charge is 0.242 e. The first kappa shape index (κ1) is 10.4. The van der Waals surface area contributed by atoms with Crippen LogP contribution < -0.4 is 5.32 Å². The second-order valence-corrected chi connectivity index (χ2v) is 3.70. The molecule has 13 heavy (non-hydrogen) atoms. The van der Waals surface area contributed by atoms with Crippen molar-refractivity contribution in [1.29, 1.82) is 0 Å². The van der Waals surface area contributed by atoms with E-state index in [1.54, 1.807) is 31.2 Å². The van der Waals surface area contributed by atoms with Crippen LogP contribution in [0.4, 0.5) is 5.69 Å². The van der Waals surface area contributed by atoms with Gasteiger partial charge in [-0.2, -0.15) is 0 Å². The molecule has 1 aromatic carbocycles. The molecule has 0 aliphatic heterocycles. The fourth-order valence-electron chi connectivity index (χ4n) is 0.775. The molecule has 2 nitrogen and oxygen atoms in total. The van der Waals surface area contributed by atoms with Crippen molar-refractivity contribution in [1.82, 2.24) is 0 Å². The average molecular weight is 218 g/mol. The number of amides is 1. The minimum atomic E-state index is -0.532.